The maximum atomic E-state index is 11.4. The van der Waals surface area contributed by atoms with Crippen LogP contribution in [0.4, 0.5) is 5.95 Å². The van der Waals surface area contributed by atoms with Crippen LogP contribution in [0.15, 0.2) is 54.9 Å². The van der Waals surface area contributed by atoms with E-state index in [1.54, 1.807) is 0 Å². The second-order valence-corrected chi connectivity index (χ2v) is 9.76. The van der Waals surface area contributed by atoms with Crippen LogP contribution in [0.1, 0.15) is 57.0 Å². The highest BCUT2D eigenvalue weighted by molar-refractivity contribution is 5.76. The maximum Gasteiger partial charge on any atom is 0.319 e. The van der Waals surface area contributed by atoms with Gasteiger partial charge in [-0.1, -0.05) is 50.6 Å². The number of ether oxygens (including phenoxy) is 1. The molecule has 0 spiro atoms. The SMILES string of the molecule is CCC.NCC(=O)OC1CCN(c2ncc(-c3ccc4nc5n(c4n3)[C@@H](c3ccccc3)CC5)cn2)CC1. The summed E-state index contributed by atoms with van der Waals surface area (Å²) in [4.78, 5) is 32.6. The van der Waals surface area contributed by atoms with Crippen LogP contribution in [0.5, 0.6) is 0 Å². The Hall–Kier alpha value is -3.85. The Morgan fingerprint density at radius 3 is 2.39 bits per heavy atom. The molecule has 5 heterocycles. The van der Waals surface area contributed by atoms with E-state index in [1.165, 1.54) is 12.0 Å². The normalized spacial score (nSPS) is 17.1. The molecular formula is C29H35N7O2. The molecule has 9 heteroatoms. The predicted octanol–water partition coefficient (Wildman–Crippen LogP) is 4.31. The number of aromatic nitrogens is 5. The van der Waals surface area contributed by atoms with E-state index >= 15 is 0 Å². The predicted molar refractivity (Wildman–Crippen MR) is 148 cm³/mol. The molecule has 0 aliphatic carbocycles. The highest BCUT2D eigenvalue weighted by Gasteiger charge is 2.28. The Morgan fingerprint density at radius 1 is 1.00 bits per heavy atom. The van der Waals surface area contributed by atoms with Gasteiger partial charge in [0.15, 0.2) is 5.65 Å². The number of carbonyl (C=O) groups excluding carboxylic acids is 1. The molecule has 3 aromatic heterocycles. The zero-order valence-corrected chi connectivity index (χ0v) is 22.1. The summed E-state index contributed by atoms with van der Waals surface area (Å²) in [5.41, 5.74) is 10.1. The van der Waals surface area contributed by atoms with Gasteiger partial charge >= 0.3 is 5.97 Å². The molecule has 1 saturated heterocycles. The van der Waals surface area contributed by atoms with Crippen molar-refractivity contribution in [3.63, 3.8) is 0 Å². The molecule has 198 valence electrons. The number of nitrogens with zero attached hydrogens (tertiary/aromatic N) is 6. The topological polar surface area (TPSA) is 112 Å². The number of anilines is 1. The molecular weight excluding hydrogens is 478 g/mol. The molecule has 6 rings (SSSR count). The lowest BCUT2D eigenvalue weighted by Gasteiger charge is -2.31. The molecule has 1 atom stereocenters. The van der Waals surface area contributed by atoms with Gasteiger partial charge in [0.2, 0.25) is 5.95 Å². The first-order chi connectivity index (χ1) is 18.6. The minimum absolute atomic E-state index is 0.0837. The highest BCUT2D eigenvalue weighted by atomic mass is 16.5. The van der Waals surface area contributed by atoms with Crippen molar-refractivity contribution in [3.05, 3.63) is 66.2 Å². The minimum atomic E-state index is -0.354. The molecule has 0 saturated carbocycles. The number of fused-ring (bicyclic) bond motifs is 3. The van der Waals surface area contributed by atoms with Crippen LogP contribution >= 0.6 is 0 Å². The summed E-state index contributed by atoms with van der Waals surface area (Å²) in [5, 5.41) is 0. The zero-order valence-electron chi connectivity index (χ0n) is 22.1. The Labute approximate surface area is 223 Å². The smallest absolute Gasteiger partial charge is 0.319 e. The van der Waals surface area contributed by atoms with Gasteiger partial charge in [-0.15, -0.1) is 0 Å². The molecule has 2 aliphatic rings. The molecule has 4 aromatic rings. The lowest BCUT2D eigenvalue weighted by Crippen LogP contribution is -2.39. The van der Waals surface area contributed by atoms with Gasteiger partial charge in [0, 0.05) is 50.3 Å². The van der Waals surface area contributed by atoms with E-state index in [4.69, 9.17) is 20.4 Å². The number of pyridine rings is 1. The Balaban J connectivity index is 0.000000937. The third-order valence-corrected chi connectivity index (χ3v) is 6.87. The van der Waals surface area contributed by atoms with Crippen molar-refractivity contribution >= 4 is 23.1 Å². The van der Waals surface area contributed by atoms with Gasteiger partial charge in [-0.3, -0.25) is 4.79 Å². The number of benzene rings is 1. The fourth-order valence-electron chi connectivity index (χ4n) is 5.10. The summed E-state index contributed by atoms with van der Waals surface area (Å²) in [7, 11) is 0. The van der Waals surface area contributed by atoms with Gasteiger partial charge in [-0.25, -0.2) is 19.9 Å². The van der Waals surface area contributed by atoms with Gasteiger partial charge in [0.1, 0.15) is 17.4 Å². The first kappa shape index (κ1) is 25.8. The Morgan fingerprint density at radius 2 is 1.71 bits per heavy atom. The van der Waals surface area contributed by atoms with E-state index in [0.717, 1.165) is 67.0 Å². The number of imidazole rings is 1. The highest BCUT2D eigenvalue weighted by Crippen LogP contribution is 2.35. The lowest BCUT2D eigenvalue weighted by molar-refractivity contribution is -0.148. The number of esters is 1. The van der Waals surface area contributed by atoms with Crippen LogP contribution < -0.4 is 10.6 Å². The van der Waals surface area contributed by atoms with E-state index in [9.17, 15) is 4.79 Å². The molecule has 38 heavy (non-hydrogen) atoms. The number of carbonyl (C=O) groups is 1. The summed E-state index contributed by atoms with van der Waals surface area (Å²) in [5.74, 6) is 1.41. The van der Waals surface area contributed by atoms with E-state index in [0.29, 0.717) is 5.95 Å². The molecule has 0 radical (unpaired) electrons. The fourth-order valence-corrected chi connectivity index (χ4v) is 5.10. The van der Waals surface area contributed by atoms with Gasteiger partial charge in [0.05, 0.1) is 18.3 Å². The van der Waals surface area contributed by atoms with Gasteiger partial charge in [-0.05, 0) is 24.1 Å². The number of hydrogen-bond donors (Lipinski definition) is 1. The van der Waals surface area contributed by atoms with Crippen LogP contribution in [-0.4, -0.2) is 56.2 Å². The van der Waals surface area contributed by atoms with Crippen molar-refractivity contribution in [1.29, 1.82) is 0 Å². The number of nitrogens with two attached hydrogens (primary N) is 1. The van der Waals surface area contributed by atoms with Crippen LogP contribution in [0.3, 0.4) is 0 Å². The average Bonchev–Trinajstić information content (AvgIpc) is 3.54. The second-order valence-electron chi connectivity index (χ2n) is 9.76. The molecule has 0 amide bonds. The van der Waals surface area contributed by atoms with Crippen molar-refractivity contribution in [3.8, 4) is 11.3 Å². The van der Waals surface area contributed by atoms with Crippen molar-refractivity contribution in [2.45, 2.75) is 58.1 Å². The molecule has 0 bridgehead atoms. The van der Waals surface area contributed by atoms with E-state index in [-0.39, 0.29) is 24.7 Å². The van der Waals surface area contributed by atoms with E-state index in [2.05, 4.69) is 57.5 Å². The molecule has 1 aromatic carbocycles. The molecule has 2 N–H and O–H groups in total. The Kier molecular flexibility index (Phi) is 7.93. The standard InChI is InChI=1S/C26H27N7O2.C3H8/c27-14-24(34)35-19-10-12-32(13-11-19)26-28-15-18(16-29-26)20-6-7-21-25(31-20)33-22(8-9-23(33)30-21)17-4-2-1-3-5-17;1-3-2/h1-7,15-16,19,22H,8-14,27H2;3H2,1-2H3/t22-;/m1./s1. The third-order valence-electron chi connectivity index (χ3n) is 6.87. The first-order valence-electron chi connectivity index (χ1n) is 13.5. The van der Waals surface area contributed by atoms with E-state index < -0.39 is 0 Å². The summed E-state index contributed by atoms with van der Waals surface area (Å²) in [6, 6.07) is 14.8. The molecule has 0 unspecified atom stereocenters. The Bertz CT molecular complexity index is 1360. The van der Waals surface area contributed by atoms with E-state index in [1.807, 2.05) is 30.6 Å². The van der Waals surface area contributed by atoms with Crippen molar-refractivity contribution in [1.82, 2.24) is 24.5 Å². The van der Waals surface area contributed by atoms with Crippen LogP contribution in [0.2, 0.25) is 0 Å². The summed E-state index contributed by atoms with van der Waals surface area (Å²) < 4.78 is 7.63. The third kappa shape index (κ3) is 5.38. The summed E-state index contributed by atoms with van der Waals surface area (Å²) in [6.45, 7) is 5.63. The second kappa shape index (κ2) is 11.7. The van der Waals surface area contributed by atoms with Crippen molar-refractivity contribution in [2.75, 3.05) is 24.5 Å². The van der Waals surface area contributed by atoms with Crippen LogP contribution in [0, 0.1) is 0 Å². The minimum Gasteiger partial charge on any atom is -0.461 e. The van der Waals surface area contributed by atoms with Crippen molar-refractivity contribution in [2.24, 2.45) is 5.73 Å². The first-order valence-corrected chi connectivity index (χ1v) is 13.5. The number of piperidine rings is 1. The zero-order chi connectivity index (χ0) is 26.5. The van der Waals surface area contributed by atoms with Crippen LogP contribution in [-0.2, 0) is 16.0 Å². The molecule has 1 fully saturated rings. The van der Waals surface area contributed by atoms with Gasteiger partial charge in [0.25, 0.3) is 0 Å². The lowest BCUT2D eigenvalue weighted by atomic mass is 10.0. The maximum absolute atomic E-state index is 11.4. The summed E-state index contributed by atoms with van der Waals surface area (Å²) >= 11 is 0. The van der Waals surface area contributed by atoms with Crippen molar-refractivity contribution < 1.29 is 9.53 Å². The molecule has 9 nitrogen and oxygen atoms in total. The quantitative estimate of drug-likeness (QED) is 0.393. The number of hydrogen-bond acceptors (Lipinski definition) is 8. The average molecular weight is 514 g/mol. The summed E-state index contributed by atoms with van der Waals surface area (Å²) in [6.07, 6.45) is 8.28. The fraction of sp³-hybridized carbons (Fsp3) is 0.414. The van der Waals surface area contributed by atoms with Crippen LogP contribution in [0.25, 0.3) is 22.4 Å². The number of aryl methyl sites for hydroxylation is 1. The van der Waals surface area contributed by atoms with Gasteiger partial charge < -0.3 is 19.9 Å². The number of rotatable bonds is 5. The largest absolute Gasteiger partial charge is 0.461 e. The molecule has 2 aliphatic heterocycles. The monoisotopic (exact) mass is 513 g/mol. The van der Waals surface area contributed by atoms with Gasteiger partial charge in [-0.2, -0.15) is 0 Å².